The Hall–Kier alpha value is -1.57. The lowest BCUT2D eigenvalue weighted by molar-refractivity contribution is -0.157. The number of aliphatic carboxylic acids is 1. The Morgan fingerprint density at radius 1 is 1.62 bits per heavy atom. The van der Waals surface area contributed by atoms with E-state index in [-0.39, 0.29) is 11.5 Å². The van der Waals surface area contributed by atoms with Crippen LogP contribution in [0.25, 0.3) is 0 Å². The maximum Gasteiger partial charge on any atom is 0.468 e. The summed E-state index contributed by atoms with van der Waals surface area (Å²) in [5.74, 6) is -2.90. The molecule has 16 heavy (non-hydrogen) atoms. The Balaban J connectivity index is 2.98. The first kappa shape index (κ1) is 12.5. The van der Waals surface area contributed by atoms with Gasteiger partial charge < -0.3 is 15.3 Å². The van der Waals surface area contributed by atoms with Crippen LogP contribution in [0.2, 0.25) is 0 Å². The van der Waals surface area contributed by atoms with E-state index in [0.717, 1.165) is 0 Å². The molecule has 3 N–H and O–H groups in total. The molecule has 1 aromatic rings. The molecule has 0 saturated heterocycles. The summed E-state index contributed by atoms with van der Waals surface area (Å²) in [4.78, 5) is 13.5. The second kappa shape index (κ2) is 4.12. The van der Waals surface area contributed by atoms with Gasteiger partial charge in [-0.1, -0.05) is 0 Å². The summed E-state index contributed by atoms with van der Waals surface area (Å²) in [5, 5.41) is 8.44. The SMILES string of the molecule is Cc1nc(C(F)(F)F)oc1C(N)CC(=O)O. The molecule has 90 valence electrons. The number of halogens is 3. The van der Waals surface area contributed by atoms with Gasteiger partial charge in [-0.05, 0) is 6.92 Å². The number of nitrogens with zero attached hydrogens (tertiary/aromatic N) is 1. The molecule has 1 atom stereocenters. The van der Waals surface area contributed by atoms with Crippen molar-refractivity contribution >= 4 is 5.97 Å². The molecule has 0 aromatic carbocycles. The highest BCUT2D eigenvalue weighted by Crippen LogP contribution is 2.31. The third kappa shape index (κ3) is 2.72. The molecule has 1 unspecified atom stereocenters. The van der Waals surface area contributed by atoms with Gasteiger partial charge in [0.2, 0.25) is 0 Å². The molecule has 0 aliphatic carbocycles. The van der Waals surface area contributed by atoms with Crippen molar-refractivity contribution in [2.75, 3.05) is 0 Å². The molecule has 0 spiro atoms. The third-order valence-corrected chi connectivity index (χ3v) is 1.81. The Kier molecular flexibility index (Phi) is 3.22. The molecular weight excluding hydrogens is 229 g/mol. The molecule has 1 rings (SSSR count). The molecule has 0 bridgehead atoms. The molecule has 0 aliphatic heterocycles. The largest absolute Gasteiger partial charge is 0.481 e. The zero-order valence-electron chi connectivity index (χ0n) is 8.21. The molecule has 1 heterocycles. The van der Waals surface area contributed by atoms with Crippen LogP contribution in [0.5, 0.6) is 0 Å². The zero-order chi connectivity index (χ0) is 12.5. The number of hydrogen-bond donors (Lipinski definition) is 2. The number of aryl methyl sites for hydroxylation is 1. The summed E-state index contributed by atoms with van der Waals surface area (Å²) in [5.41, 5.74) is 5.32. The average Bonchev–Trinajstić information content (AvgIpc) is 2.44. The lowest BCUT2D eigenvalue weighted by Gasteiger charge is -2.05. The van der Waals surface area contributed by atoms with Gasteiger partial charge in [-0.15, -0.1) is 0 Å². The summed E-state index contributed by atoms with van der Waals surface area (Å²) in [7, 11) is 0. The zero-order valence-corrected chi connectivity index (χ0v) is 8.21. The molecule has 0 saturated carbocycles. The van der Waals surface area contributed by atoms with E-state index in [4.69, 9.17) is 10.8 Å². The van der Waals surface area contributed by atoms with E-state index >= 15 is 0 Å². The number of nitrogens with two attached hydrogens (primary N) is 1. The normalized spacial score (nSPS) is 13.8. The first-order valence-corrected chi connectivity index (χ1v) is 4.23. The number of carbonyl (C=O) groups is 1. The molecular formula is C8H9F3N2O3. The van der Waals surface area contributed by atoms with Crippen LogP contribution in [-0.2, 0) is 11.0 Å². The maximum atomic E-state index is 12.2. The Bertz CT molecular complexity index is 400. The topological polar surface area (TPSA) is 89.4 Å². The standard InChI is InChI=1S/C8H9F3N2O3/c1-3-6(4(12)2-5(14)15)16-7(13-3)8(9,10)11/h4H,2,12H2,1H3,(H,14,15). The smallest absolute Gasteiger partial charge is 0.468 e. The number of aromatic nitrogens is 1. The van der Waals surface area contributed by atoms with Gasteiger partial charge >= 0.3 is 18.0 Å². The minimum absolute atomic E-state index is 0.0546. The first-order valence-electron chi connectivity index (χ1n) is 4.23. The predicted octanol–water partition coefficient (Wildman–Crippen LogP) is 1.48. The van der Waals surface area contributed by atoms with Crippen LogP contribution in [-0.4, -0.2) is 16.1 Å². The van der Waals surface area contributed by atoms with E-state index in [9.17, 15) is 18.0 Å². The fraction of sp³-hybridized carbons (Fsp3) is 0.500. The van der Waals surface area contributed by atoms with Crippen molar-refractivity contribution in [2.24, 2.45) is 5.73 Å². The van der Waals surface area contributed by atoms with Crippen LogP contribution in [0, 0.1) is 6.92 Å². The highest BCUT2D eigenvalue weighted by molar-refractivity contribution is 5.67. The number of carboxylic acid groups (broad SMARTS) is 1. The van der Waals surface area contributed by atoms with Gasteiger partial charge in [0.1, 0.15) is 5.76 Å². The van der Waals surface area contributed by atoms with E-state index in [1.165, 1.54) is 6.92 Å². The van der Waals surface area contributed by atoms with Gasteiger partial charge in [-0.25, -0.2) is 4.98 Å². The minimum atomic E-state index is -4.70. The highest BCUT2D eigenvalue weighted by atomic mass is 19.4. The monoisotopic (exact) mass is 238 g/mol. The Labute approximate surface area is 88.1 Å². The Morgan fingerprint density at radius 2 is 2.19 bits per heavy atom. The van der Waals surface area contributed by atoms with E-state index in [2.05, 4.69) is 9.40 Å². The lowest BCUT2D eigenvalue weighted by atomic mass is 10.1. The van der Waals surface area contributed by atoms with Crippen molar-refractivity contribution in [1.82, 2.24) is 4.98 Å². The number of alkyl halides is 3. The average molecular weight is 238 g/mol. The van der Waals surface area contributed by atoms with Crippen molar-refractivity contribution < 1.29 is 27.5 Å². The third-order valence-electron chi connectivity index (χ3n) is 1.81. The minimum Gasteiger partial charge on any atom is -0.481 e. The van der Waals surface area contributed by atoms with Crippen LogP contribution in [0.3, 0.4) is 0 Å². The molecule has 0 radical (unpaired) electrons. The second-order valence-electron chi connectivity index (χ2n) is 3.17. The summed E-state index contributed by atoms with van der Waals surface area (Å²) >= 11 is 0. The van der Waals surface area contributed by atoms with Gasteiger partial charge in [0.15, 0.2) is 0 Å². The molecule has 0 fully saturated rings. The number of hydrogen-bond acceptors (Lipinski definition) is 4. The quantitative estimate of drug-likeness (QED) is 0.832. The number of oxazole rings is 1. The van der Waals surface area contributed by atoms with Gasteiger partial charge in [0.25, 0.3) is 0 Å². The van der Waals surface area contributed by atoms with Crippen LogP contribution < -0.4 is 5.73 Å². The molecule has 0 aliphatic rings. The highest BCUT2D eigenvalue weighted by Gasteiger charge is 2.38. The fourth-order valence-electron chi connectivity index (χ4n) is 1.15. The van der Waals surface area contributed by atoms with Crippen molar-refractivity contribution in [2.45, 2.75) is 25.6 Å². The van der Waals surface area contributed by atoms with Crippen molar-refractivity contribution in [3.05, 3.63) is 17.3 Å². The van der Waals surface area contributed by atoms with Crippen LogP contribution in [0.1, 0.15) is 29.8 Å². The fourth-order valence-corrected chi connectivity index (χ4v) is 1.15. The van der Waals surface area contributed by atoms with Crippen LogP contribution in [0.4, 0.5) is 13.2 Å². The lowest BCUT2D eigenvalue weighted by Crippen LogP contribution is -2.15. The Morgan fingerprint density at radius 3 is 2.56 bits per heavy atom. The maximum absolute atomic E-state index is 12.2. The van der Waals surface area contributed by atoms with Crippen LogP contribution in [0.15, 0.2) is 4.42 Å². The van der Waals surface area contributed by atoms with E-state index in [1.54, 1.807) is 0 Å². The first-order chi connectivity index (χ1) is 7.21. The number of carboxylic acids is 1. The van der Waals surface area contributed by atoms with Crippen LogP contribution >= 0.6 is 0 Å². The van der Waals surface area contributed by atoms with E-state index < -0.39 is 30.5 Å². The predicted molar refractivity (Wildman–Crippen MR) is 45.4 cm³/mol. The second-order valence-corrected chi connectivity index (χ2v) is 3.17. The van der Waals surface area contributed by atoms with Crippen molar-refractivity contribution in [3.63, 3.8) is 0 Å². The molecule has 0 amide bonds. The van der Waals surface area contributed by atoms with Gasteiger partial charge in [0.05, 0.1) is 18.2 Å². The van der Waals surface area contributed by atoms with E-state index in [0.29, 0.717) is 0 Å². The van der Waals surface area contributed by atoms with Gasteiger partial charge in [-0.3, -0.25) is 4.79 Å². The molecule has 5 nitrogen and oxygen atoms in total. The molecule has 1 aromatic heterocycles. The van der Waals surface area contributed by atoms with Crippen molar-refractivity contribution in [3.8, 4) is 0 Å². The van der Waals surface area contributed by atoms with Gasteiger partial charge in [-0.2, -0.15) is 13.2 Å². The van der Waals surface area contributed by atoms with E-state index in [1.807, 2.05) is 0 Å². The summed E-state index contributed by atoms with van der Waals surface area (Å²) in [6, 6.07) is -1.14. The van der Waals surface area contributed by atoms with Crippen molar-refractivity contribution in [1.29, 1.82) is 0 Å². The molecule has 8 heteroatoms. The van der Waals surface area contributed by atoms with Gasteiger partial charge in [0, 0.05) is 0 Å². The summed E-state index contributed by atoms with van der Waals surface area (Å²) in [6.45, 7) is 1.27. The summed E-state index contributed by atoms with van der Waals surface area (Å²) in [6.07, 6.45) is -5.22. The summed E-state index contributed by atoms with van der Waals surface area (Å²) < 4.78 is 41.0. The number of rotatable bonds is 3.